The highest BCUT2D eigenvalue weighted by Crippen LogP contribution is 2.21. The van der Waals surface area contributed by atoms with Gasteiger partial charge in [-0.25, -0.2) is 0 Å². The first-order chi connectivity index (χ1) is 9.97. The average molecular weight is 294 g/mol. The number of aryl methyl sites for hydroxylation is 1. The average Bonchev–Trinajstić information content (AvgIpc) is 2.87. The molecule has 1 fully saturated rings. The first kappa shape index (κ1) is 15.5. The lowest BCUT2D eigenvalue weighted by Gasteiger charge is -2.39. The third kappa shape index (κ3) is 3.06. The van der Waals surface area contributed by atoms with E-state index in [1.54, 1.807) is 11.8 Å². The minimum absolute atomic E-state index is 0.0772. The van der Waals surface area contributed by atoms with Gasteiger partial charge in [-0.3, -0.25) is 9.59 Å². The smallest absolute Gasteiger partial charge is 0.246 e. The van der Waals surface area contributed by atoms with Crippen LogP contribution >= 0.6 is 0 Å². The van der Waals surface area contributed by atoms with Crippen molar-refractivity contribution in [3.8, 4) is 0 Å². The summed E-state index contributed by atoms with van der Waals surface area (Å²) in [5, 5.41) is 6.56. The molecule has 1 aromatic rings. The molecule has 0 radical (unpaired) electrons. The van der Waals surface area contributed by atoms with Crippen LogP contribution in [0.1, 0.15) is 45.3 Å². The van der Waals surface area contributed by atoms with Crippen LogP contribution in [0.2, 0.25) is 0 Å². The molecule has 0 aliphatic carbocycles. The van der Waals surface area contributed by atoms with Gasteiger partial charge >= 0.3 is 0 Å². The zero-order valence-electron chi connectivity index (χ0n) is 12.9. The molecule has 1 aliphatic rings. The summed E-state index contributed by atoms with van der Waals surface area (Å²) in [7, 11) is 0. The Morgan fingerprint density at radius 2 is 2.10 bits per heavy atom. The van der Waals surface area contributed by atoms with Crippen molar-refractivity contribution in [1.82, 2.24) is 20.4 Å². The molecule has 1 aromatic heterocycles. The highest BCUT2D eigenvalue weighted by molar-refractivity contribution is 5.97. The number of amides is 2. The van der Waals surface area contributed by atoms with Crippen molar-refractivity contribution >= 4 is 11.8 Å². The van der Waals surface area contributed by atoms with Gasteiger partial charge in [0.2, 0.25) is 17.7 Å². The first-order valence-corrected chi connectivity index (χ1v) is 7.37. The maximum Gasteiger partial charge on any atom is 0.246 e. The second-order valence-electron chi connectivity index (χ2n) is 5.50. The van der Waals surface area contributed by atoms with Crippen LogP contribution in [0, 0.1) is 12.8 Å². The normalized spacial score (nSPS) is 24.1. The molecule has 7 heteroatoms. The van der Waals surface area contributed by atoms with Gasteiger partial charge < -0.3 is 14.7 Å². The van der Waals surface area contributed by atoms with Crippen LogP contribution in [0.25, 0.3) is 0 Å². The quantitative estimate of drug-likeness (QED) is 0.876. The van der Waals surface area contributed by atoms with Crippen molar-refractivity contribution in [3.63, 3.8) is 0 Å². The Morgan fingerprint density at radius 3 is 2.62 bits per heavy atom. The number of hydrogen-bond donors (Lipinski definition) is 1. The molecule has 1 saturated heterocycles. The molecule has 2 heterocycles. The Labute approximate surface area is 124 Å². The van der Waals surface area contributed by atoms with Gasteiger partial charge in [0.25, 0.3) is 0 Å². The van der Waals surface area contributed by atoms with E-state index in [0.717, 1.165) is 6.42 Å². The molecule has 21 heavy (non-hydrogen) atoms. The lowest BCUT2D eigenvalue weighted by molar-refractivity contribution is -0.152. The van der Waals surface area contributed by atoms with E-state index in [2.05, 4.69) is 15.5 Å². The molecule has 3 unspecified atom stereocenters. The number of rotatable bonds is 5. The van der Waals surface area contributed by atoms with Crippen LogP contribution in [0.3, 0.4) is 0 Å². The van der Waals surface area contributed by atoms with Crippen LogP contribution in [0.4, 0.5) is 0 Å². The Morgan fingerprint density at radius 1 is 1.38 bits per heavy atom. The number of hydrogen-bond acceptors (Lipinski definition) is 5. The largest absolute Gasteiger partial charge is 0.342 e. The van der Waals surface area contributed by atoms with E-state index in [1.165, 1.54) is 0 Å². The third-order valence-corrected chi connectivity index (χ3v) is 4.00. The third-order valence-electron chi connectivity index (χ3n) is 4.00. The molecule has 0 bridgehead atoms. The van der Waals surface area contributed by atoms with E-state index in [1.807, 2.05) is 20.8 Å². The fourth-order valence-corrected chi connectivity index (χ4v) is 2.55. The van der Waals surface area contributed by atoms with Crippen LogP contribution in [0.15, 0.2) is 4.52 Å². The molecule has 0 saturated carbocycles. The maximum atomic E-state index is 12.7. The lowest BCUT2D eigenvalue weighted by Crippen LogP contribution is -2.64. The van der Waals surface area contributed by atoms with E-state index in [9.17, 15) is 9.59 Å². The van der Waals surface area contributed by atoms with Crippen molar-refractivity contribution < 1.29 is 14.1 Å². The minimum atomic E-state index is -0.481. The van der Waals surface area contributed by atoms with E-state index in [4.69, 9.17) is 4.52 Å². The minimum Gasteiger partial charge on any atom is -0.342 e. The van der Waals surface area contributed by atoms with Gasteiger partial charge in [0, 0.05) is 0 Å². The SMILES string of the molecule is CCC(C)C1NC(=O)C(CC)N(Cc2nc(C)no2)C1=O. The monoisotopic (exact) mass is 294 g/mol. The molecule has 0 aromatic carbocycles. The number of carbonyl (C=O) groups is 2. The summed E-state index contributed by atoms with van der Waals surface area (Å²) in [5.74, 6) is 0.777. The van der Waals surface area contributed by atoms with Crippen LogP contribution in [0.5, 0.6) is 0 Å². The summed E-state index contributed by atoms with van der Waals surface area (Å²) >= 11 is 0. The summed E-state index contributed by atoms with van der Waals surface area (Å²) in [6.45, 7) is 7.74. The van der Waals surface area contributed by atoms with Gasteiger partial charge in [0.1, 0.15) is 18.6 Å². The molecule has 3 atom stereocenters. The number of carbonyl (C=O) groups excluding carboxylic acids is 2. The fourth-order valence-electron chi connectivity index (χ4n) is 2.55. The zero-order chi connectivity index (χ0) is 15.6. The molecule has 2 rings (SSSR count). The standard InChI is InChI=1S/C14H22N4O3/c1-5-8(3)12-14(20)18(10(6-2)13(19)16-12)7-11-15-9(4)17-21-11/h8,10,12H,5-7H2,1-4H3,(H,16,19). The Balaban J connectivity index is 2.24. The Hall–Kier alpha value is -1.92. The Bertz CT molecular complexity index is 528. The van der Waals surface area contributed by atoms with Crippen molar-refractivity contribution in [2.45, 2.75) is 59.2 Å². The second kappa shape index (κ2) is 6.24. The molecule has 7 nitrogen and oxygen atoms in total. The van der Waals surface area contributed by atoms with Gasteiger partial charge in [0.15, 0.2) is 5.82 Å². The second-order valence-corrected chi connectivity index (χ2v) is 5.50. The number of nitrogens with one attached hydrogen (secondary N) is 1. The topological polar surface area (TPSA) is 88.3 Å². The fraction of sp³-hybridized carbons (Fsp3) is 0.714. The predicted octanol–water partition coefficient (Wildman–Crippen LogP) is 1.03. The van der Waals surface area contributed by atoms with Gasteiger partial charge in [-0.05, 0) is 19.3 Å². The summed E-state index contributed by atoms with van der Waals surface area (Å²) in [5.41, 5.74) is 0. The molecule has 1 aliphatic heterocycles. The summed E-state index contributed by atoms with van der Waals surface area (Å²) in [6, 6.07) is -0.959. The van der Waals surface area contributed by atoms with Crippen LogP contribution < -0.4 is 5.32 Å². The molecule has 1 N–H and O–H groups in total. The highest BCUT2D eigenvalue weighted by atomic mass is 16.5. The highest BCUT2D eigenvalue weighted by Gasteiger charge is 2.41. The molecule has 116 valence electrons. The van der Waals surface area contributed by atoms with E-state index in [-0.39, 0.29) is 24.3 Å². The van der Waals surface area contributed by atoms with Crippen molar-refractivity contribution in [3.05, 3.63) is 11.7 Å². The van der Waals surface area contributed by atoms with Gasteiger partial charge in [-0.15, -0.1) is 0 Å². The molecular formula is C14H22N4O3. The van der Waals surface area contributed by atoms with E-state index in [0.29, 0.717) is 18.1 Å². The van der Waals surface area contributed by atoms with Crippen molar-refractivity contribution in [1.29, 1.82) is 0 Å². The van der Waals surface area contributed by atoms with E-state index < -0.39 is 12.1 Å². The van der Waals surface area contributed by atoms with Gasteiger partial charge in [0.05, 0.1) is 0 Å². The predicted molar refractivity (Wildman–Crippen MR) is 75.0 cm³/mol. The molecular weight excluding hydrogens is 272 g/mol. The maximum absolute atomic E-state index is 12.7. The number of piperazine rings is 1. The van der Waals surface area contributed by atoms with Crippen LogP contribution in [-0.4, -0.2) is 38.9 Å². The van der Waals surface area contributed by atoms with E-state index >= 15 is 0 Å². The summed E-state index contributed by atoms with van der Waals surface area (Å²) < 4.78 is 5.08. The number of nitrogens with zero attached hydrogens (tertiary/aromatic N) is 3. The first-order valence-electron chi connectivity index (χ1n) is 7.37. The lowest BCUT2D eigenvalue weighted by atomic mass is 9.93. The summed E-state index contributed by atoms with van der Waals surface area (Å²) in [6.07, 6.45) is 1.37. The molecule has 2 amide bonds. The summed E-state index contributed by atoms with van der Waals surface area (Å²) in [4.78, 5) is 30.6. The number of aromatic nitrogens is 2. The zero-order valence-corrected chi connectivity index (χ0v) is 12.9. The van der Waals surface area contributed by atoms with Gasteiger partial charge in [-0.2, -0.15) is 4.98 Å². The van der Waals surface area contributed by atoms with Gasteiger partial charge in [-0.1, -0.05) is 32.3 Å². The van der Waals surface area contributed by atoms with Crippen LogP contribution in [-0.2, 0) is 16.1 Å². The Kier molecular flexibility index (Phi) is 4.59. The van der Waals surface area contributed by atoms with Crippen molar-refractivity contribution in [2.75, 3.05) is 0 Å². The molecule has 0 spiro atoms. The van der Waals surface area contributed by atoms with Crippen molar-refractivity contribution in [2.24, 2.45) is 5.92 Å².